The van der Waals surface area contributed by atoms with Gasteiger partial charge >= 0.3 is 0 Å². The lowest BCUT2D eigenvalue weighted by Crippen LogP contribution is -2.25. The lowest BCUT2D eigenvalue weighted by Gasteiger charge is -2.30. The van der Waals surface area contributed by atoms with Crippen LogP contribution in [0.5, 0.6) is 0 Å². The highest BCUT2D eigenvalue weighted by Crippen LogP contribution is 2.63. The van der Waals surface area contributed by atoms with E-state index in [4.69, 9.17) is 9.97 Å². The Kier molecular flexibility index (Phi) is 6.88. The Hall–Kier alpha value is -7.42. The van der Waals surface area contributed by atoms with Crippen LogP contribution in [0.1, 0.15) is 22.3 Å². The maximum absolute atomic E-state index is 5.42. The highest BCUT2D eigenvalue weighted by Gasteiger charge is 2.51. The first-order valence-electron chi connectivity index (χ1n) is 19.7. The molecule has 2 heteroatoms. The zero-order valence-electron chi connectivity index (χ0n) is 31.0. The Bertz CT molecular complexity index is 3110. The highest BCUT2D eigenvalue weighted by atomic mass is 14.7. The molecule has 0 amide bonds. The fourth-order valence-electron chi connectivity index (χ4n) is 9.79. The van der Waals surface area contributed by atoms with Crippen LogP contribution >= 0.6 is 0 Å². The lowest BCUT2D eigenvalue weighted by molar-refractivity contribution is 0.795. The summed E-state index contributed by atoms with van der Waals surface area (Å²) in [4.78, 5) is 10.5. The summed E-state index contributed by atoms with van der Waals surface area (Å²) in [6.07, 6.45) is 0. The molecule has 10 aromatic rings. The topological polar surface area (TPSA) is 25.8 Å². The van der Waals surface area contributed by atoms with Crippen LogP contribution in [0.15, 0.2) is 206 Å². The van der Waals surface area contributed by atoms with Crippen LogP contribution in [0, 0.1) is 0 Å². The first-order valence-corrected chi connectivity index (χ1v) is 19.7. The zero-order chi connectivity index (χ0) is 37.5. The number of rotatable bonds is 4. The summed E-state index contributed by atoms with van der Waals surface area (Å²) in [6.45, 7) is 0. The van der Waals surface area contributed by atoms with Crippen molar-refractivity contribution in [2.45, 2.75) is 5.41 Å². The van der Waals surface area contributed by atoms with Gasteiger partial charge < -0.3 is 0 Å². The van der Waals surface area contributed by atoms with E-state index in [1.54, 1.807) is 0 Å². The fraction of sp³-hybridized carbons (Fsp3) is 0.0182. The fourth-order valence-corrected chi connectivity index (χ4v) is 9.79. The number of aromatic nitrogens is 2. The molecule has 8 aromatic carbocycles. The Morgan fingerprint density at radius 3 is 1.37 bits per heavy atom. The van der Waals surface area contributed by atoms with Crippen LogP contribution in [0.2, 0.25) is 0 Å². The molecule has 0 unspecified atom stereocenters. The molecular formula is C55H34N2. The van der Waals surface area contributed by atoms with Gasteiger partial charge in [0.1, 0.15) is 0 Å². The Labute approximate surface area is 331 Å². The van der Waals surface area contributed by atoms with Gasteiger partial charge in [-0.3, -0.25) is 0 Å². The summed E-state index contributed by atoms with van der Waals surface area (Å²) < 4.78 is 0. The number of hydrogen-bond donors (Lipinski definition) is 0. The van der Waals surface area contributed by atoms with Crippen molar-refractivity contribution in [3.63, 3.8) is 0 Å². The second-order valence-corrected chi connectivity index (χ2v) is 15.2. The molecular weight excluding hydrogens is 689 g/mol. The minimum atomic E-state index is -0.402. The second kappa shape index (κ2) is 12.3. The predicted octanol–water partition coefficient (Wildman–Crippen LogP) is 13.8. The van der Waals surface area contributed by atoms with Gasteiger partial charge in [0.2, 0.25) is 0 Å². The van der Waals surface area contributed by atoms with Gasteiger partial charge in [-0.05, 0) is 91.4 Å². The van der Waals surface area contributed by atoms with Gasteiger partial charge in [0.05, 0.1) is 28.0 Å². The number of nitrogens with zero attached hydrogens (tertiary/aromatic N) is 2. The van der Waals surface area contributed by atoms with Crippen LogP contribution in [0.4, 0.5) is 0 Å². The molecule has 264 valence electrons. The van der Waals surface area contributed by atoms with E-state index in [0.717, 1.165) is 55.8 Å². The second-order valence-electron chi connectivity index (χ2n) is 15.2. The molecule has 0 aliphatic heterocycles. The number of para-hydroxylation sites is 1. The summed E-state index contributed by atoms with van der Waals surface area (Å²) in [6, 6.07) is 74.9. The molecule has 2 aromatic heterocycles. The molecule has 12 rings (SSSR count). The SMILES string of the molecule is c1ccc(-c2cc(-c3ccc(-c4nc5ccccc5c5cc6c(cc45)-c4ccccc4C64c5ccccc5-c5ccccc54)cc3)cc(-c3ccccc3)n2)cc1. The van der Waals surface area contributed by atoms with Gasteiger partial charge in [0, 0.05) is 27.5 Å². The molecule has 2 nitrogen and oxygen atoms in total. The number of fused-ring (bicyclic) bond motifs is 13. The van der Waals surface area contributed by atoms with Crippen molar-refractivity contribution in [3.05, 3.63) is 229 Å². The lowest BCUT2D eigenvalue weighted by atomic mass is 9.70. The summed E-state index contributed by atoms with van der Waals surface area (Å²) in [7, 11) is 0. The van der Waals surface area contributed by atoms with Crippen molar-refractivity contribution in [1.82, 2.24) is 9.97 Å². The van der Waals surface area contributed by atoms with Crippen molar-refractivity contribution in [1.29, 1.82) is 0 Å². The molecule has 0 fully saturated rings. The average molecular weight is 723 g/mol. The summed E-state index contributed by atoms with van der Waals surface area (Å²) in [5.74, 6) is 0. The van der Waals surface area contributed by atoms with E-state index < -0.39 is 5.41 Å². The van der Waals surface area contributed by atoms with Gasteiger partial charge in [-0.2, -0.15) is 0 Å². The van der Waals surface area contributed by atoms with Crippen molar-refractivity contribution in [3.8, 4) is 67.2 Å². The summed E-state index contributed by atoms with van der Waals surface area (Å²) in [5.41, 5.74) is 19.6. The van der Waals surface area contributed by atoms with Crippen LogP contribution in [0.3, 0.4) is 0 Å². The zero-order valence-corrected chi connectivity index (χ0v) is 31.0. The molecule has 0 radical (unpaired) electrons. The number of pyridine rings is 2. The normalized spacial score (nSPS) is 13.1. The molecule has 0 saturated carbocycles. The first kappa shape index (κ1) is 31.9. The Morgan fingerprint density at radius 1 is 0.281 bits per heavy atom. The van der Waals surface area contributed by atoms with Gasteiger partial charge in [-0.15, -0.1) is 0 Å². The average Bonchev–Trinajstić information content (AvgIpc) is 3.75. The van der Waals surface area contributed by atoms with Crippen LogP contribution in [0.25, 0.3) is 88.8 Å². The quantitative estimate of drug-likeness (QED) is 0.169. The van der Waals surface area contributed by atoms with Crippen molar-refractivity contribution >= 4 is 21.7 Å². The van der Waals surface area contributed by atoms with Crippen LogP contribution in [-0.2, 0) is 5.41 Å². The maximum atomic E-state index is 5.42. The third kappa shape index (κ3) is 4.65. The third-order valence-corrected chi connectivity index (χ3v) is 12.3. The Morgan fingerprint density at radius 2 is 0.772 bits per heavy atom. The van der Waals surface area contributed by atoms with E-state index in [0.29, 0.717) is 0 Å². The Balaban J connectivity index is 1.06. The molecule has 2 heterocycles. The molecule has 0 N–H and O–H groups in total. The van der Waals surface area contributed by atoms with Gasteiger partial charge in [-0.25, -0.2) is 9.97 Å². The standard InChI is InChI=1S/C55H34N2/c1-3-15-36(16-4-1)52-31-39(32-53(56-52)37-17-5-2-6-18-37)35-27-29-38(30-28-35)54-46-33-45-42-21-9-13-25-49(42)55(50(45)34-44(46)43-22-10-14-26-51(43)57-54)47-23-11-7-19-40(47)41-20-8-12-24-48(41)55/h1-34H. The molecule has 0 atom stereocenters. The molecule has 1 spiro atoms. The van der Waals surface area contributed by atoms with Crippen molar-refractivity contribution in [2.75, 3.05) is 0 Å². The largest absolute Gasteiger partial charge is 0.248 e. The molecule has 2 aliphatic rings. The van der Waals surface area contributed by atoms with Gasteiger partial charge in [0.15, 0.2) is 0 Å². The predicted molar refractivity (Wildman–Crippen MR) is 235 cm³/mol. The third-order valence-electron chi connectivity index (χ3n) is 12.3. The molecule has 2 aliphatic carbocycles. The molecule has 57 heavy (non-hydrogen) atoms. The van der Waals surface area contributed by atoms with Crippen molar-refractivity contribution < 1.29 is 0 Å². The van der Waals surface area contributed by atoms with E-state index in [1.165, 1.54) is 55.3 Å². The maximum Gasteiger partial charge on any atom is 0.0788 e. The van der Waals surface area contributed by atoms with Crippen LogP contribution in [-0.4, -0.2) is 9.97 Å². The van der Waals surface area contributed by atoms with E-state index in [9.17, 15) is 0 Å². The minimum Gasteiger partial charge on any atom is -0.248 e. The monoisotopic (exact) mass is 722 g/mol. The van der Waals surface area contributed by atoms with E-state index in [-0.39, 0.29) is 0 Å². The highest BCUT2D eigenvalue weighted by molar-refractivity contribution is 6.14. The van der Waals surface area contributed by atoms with E-state index in [2.05, 4.69) is 194 Å². The number of hydrogen-bond acceptors (Lipinski definition) is 2. The number of benzene rings is 8. The van der Waals surface area contributed by atoms with E-state index in [1.807, 2.05) is 12.1 Å². The summed E-state index contributed by atoms with van der Waals surface area (Å²) >= 11 is 0. The smallest absolute Gasteiger partial charge is 0.0788 e. The summed E-state index contributed by atoms with van der Waals surface area (Å²) in [5, 5.41) is 3.55. The van der Waals surface area contributed by atoms with Gasteiger partial charge in [0.25, 0.3) is 0 Å². The molecule has 0 saturated heterocycles. The minimum absolute atomic E-state index is 0.402. The van der Waals surface area contributed by atoms with Crippen molar-refractivity contribution in [2.24, 2.45) is 0 Å². The van der Waals surface area contributed by atoms with Crippen LogP contribution < -0.4 is 0 Å². The van der Waals surface area contributed by atoms with Gasteiger partial charge in [-0.1, -0.05) is 176 Å². The molecule has 0 bridgehead atoms. The first-order chi connectivity index (χ1) is 28.3. The van der Waals surface area contributed by atoms with E-state index >= 15 is 0 Å².